The number of carbonyl (C=O) groups is 2. The lowest BCUT2D eigenvalue weighted by molar-refractivity contribution is -0.136. The quantitative estimate of drug-likeness (QED) is 0.473. The van der Waals surface area contributed by atoms with E-state index in [0.29, 0.717) is 35.2 Å². The maximum absolute atomic E-state index is 12.7. The molecular formula is C20H18O5. The van der Waals surface area contributed by atoms with E-state index in [1.807, 2.05) is 0 Å². The molecule has 0 bridgehead atoms. The van der Waals surface area contributed by atoms with Crippen molar-refractivity contribution in [3.05, 3.63) is 53.2 Å². The van der Waals surface area contributed by atoms with E-state index in [0.717, 1.165) is 12.0 Å². The Hall–Kier alpha value is -2.82. The van der Waals surface area contributed by atoms with Gasteiger partial charge in [0, 0.05) is 17.6 Å². The van der Waals surface area contributed by atoms with Crippen molar-refractivity contribution in [1.82, 2.24) is 0 Å². The summed E-state index contributed by atoms with van der Waals surface area (Å²) in [6.45, 7) is 4.22. The van der Waals surface area contributed by atoms with Crippen LogP contribution in [0.1, 0.15) is 54.3 Å². The number of allylic oxidation sites excluding steroid dienone is 1. The highest BCUT2D eigenvalue weighted by molar-refractivity contribution is 6.15. The van der Waals surface area contributed by atoms with Crippen molar-refractivity contribution in [3.8, 4) is 11.5 Å². The molecule has 0 amide bonds. The fraction of sp³-hybridized carbons (Fsp3) is 0.300. The van der Waals surface area contributed by atoms with Gasteiger partial charge in [0.05, 0.1) is 18.2 Å². The Kier molecular flexibility index (Phi) is 3.71. The fourth-order valence-corrected chi connectivity index (χ4v) is 3.47. The Morgan fingerprint density at radius 1 is 1.20 bits per heavy atom. The van der Waals surface area contributed by atoms with Crippen molar-refractivity contribution < 1.29 is 23.5 Å². The first-order valence-electron chi connectivity index (χ1n) is 8.38. The van der Waals surface area contributed by atoms with Crippen LogP contribution in [0.5, 0.6) is 11.5 Å². The average molecular weight is 338 g/mol. The summed E-state index contributed by atoms with van der Waals surface area (Å²) < 4.78 is 16.5. The van der Waals surface area contributed by atoms with Crippen LogP contribution < -0.4 is 9.47 Å². The predicted molar refractivity (Wildman–Crippen MR) is 90.5 cm³/mol. The number of hydrogen-bond donors (Lipinski definition) is 0. The minimum absolute atomic E-state index is 0.0121. The van der Waals surface area contributed by atoms with Crippen LogP contribution >= 0.6 is 0 Å². The summed E-state index contributed by atoms with van der Waals surface area (Å²) in [4.78, 5) is 24.6. The number of ether oxygens (including phenoxy) is 2. The number of furan rings is 1. The lowest BCUT2D eigenvalue weighted by Gasteiger charge is -2.27. The lowest BCUT2D eigenvalue weighted by Crippen LogP contribution is -2.21. The zero-order chi connectivity index (χ0) is 17.6. The fourth-order valence-electron chi connectivity index (χ4n) is 3.47. The molecule has 0 spiro atoms. The maximum atomic E-state index is 12.7. The second-order valence-corrected chi connectivity index (χ2v) is 6.81. The molecule has 2 aromatic rings. The van der Waals surface area contributed by atoms with E-state index >= 15 is 0 Å². The molecule has 0 N–H and O–H groups in total. The number of ketones is 1. The van der Waals surface area contributed by atoms with Gasteiger partial charge in [0.2, 0.25) is 5.78 Å². The molecule has 1 atom stereocenters. The van der Waals surface area contributed by atoms with Gasteiger partial charge in [-0.05, 0) is 36.6 Å². The van der Waals surface area contributed by atoms with Gasteiger partial charge in [-0.25, -0.2) is 0 Å². The van der Waals surface area contributed by atoms with Gasteiger partial charge in [-0.2, -0.15) is 0 Å². The third kappa shape index (κ3) is 2.76. The molecule has 25 heavy (non-hydrogen) atoms. The van der Waals surface area contributed by atoms with Crippen molar-refractivity contribution in [2.75, 3.05) is 0 Å². The summed E-state index contributed by atoms with van der Waals surface area (Å²) >= 11 is 0. The molecule has 1 unspecified atom stereocenters. The molecular weight excluding hydrogens is 320 g/mol. The molecule has 5 nitrogen and oxygen atoms in total. The van der Waals surface area contributed by atoms with Gasteiger partial charge in [0.15, 0.2) is 5.76 Å². The Labute approximate surface area is 145 Å². The van der Waals surface area contributed by atoms with Crippen LogP contribution in [-0.4, -0.2) is 11.8 Å². The Morgan fingerprint density at radius 2 is 2.04 bits per heavy atom. The van der Waals surface area contributed by atoms with E-state index in [4.69, 9.17) is 13.9 Å². The van der Waals surface area contributed by atoms with Gasteiger partial charge in [0.25, 0.3) is 0 Å². The molecule has 4 rings (SSSR count). The SMILES string of the molecule is CC(C)CC1CC(=O)Oc2ccc3c(c21)O/C(=C\c1ccco1)C3=O. The molecule has 1 aromatic heterocycles. The molecule has 5 heteroatoms. The normalized spacial score (nSPS) is 20.4. The first kappa shape index (κ1) is 15.7. The molecule has 0 radical (unpaired) electrons. The highest BCUT2D eigenvalue weighted by Gasteiger charge is 2.38. The van der Waals surface area contributed by atoms with Crippen molar-refractivity contribution >= 4 is 17.8 Å². The van der Waals surface area contributed by atoms with Gasteiger partial charge >= 0.3 is 5.97 Å². The zero-order valence-electron chi connectivity index (χ0n) is 14.1. The molecule has 0 aliphatic carbocycles. The van der Waals surface area contributed by atoms with Gasteiger partial charge in [-0.3, -0.25) is 9.59 Å². The Morgan fingerprint density at radius 3 is 2.76 bits per heavy atom. The third-order valence-electron chi connectivity index (χ3n) is 4.45. The standard InChI is InChI=1S/C20H18O5/c1-11(2)8-12-9-17(21)24-15-6-5-14-19(22)16(25-20(14)18(12)15)10-13-4-3-7-23-13/h3-7,10-12H,8-9H2,1-2H3/b16-10-. The van der Waals surface area contributed by atoms with Crippen molar-refractivity contribution in [2.45, 2.75) is 32.6 Å². The predicted octanol–water partition coefficient (Wildman–Crippen LogP) is 4.33. The van der Waals surface area contributed by atoms with Crippen LogP contribution in [0.4, 0.5) is 0 Å². The van der Waals surface area contributed by atoms with Crippen molar-refractivity contribution in [2.24, 2.45) is 5.92 Å². The van der Waals surface area contributed by atoms with Gasteiger partial charge in [-0.1, -0.05) is 13.8 Å². The highest BCUT2D eigenvalue weighted by Crippen LogP contribution is 2.48. The largest absolute Gasteiger partial charge is 0.465 e. The number of Topliss-reactive ketones (excluding diaryl/α,β-unsaturated/α-hetero) is 1. The summed E-state index contributed by atoms with van der Waals surface area (Å²) in [5.74, 6) is 1.75. The monoisotopic (exact) mass is 338 g/mol. The summed E-state index contributed by atoms with van der Waals surface area (Å²) in [6, 6.07) is 6.85. The molecule has 2 aliphatic heterocycles. The van der Waals surface area contributed by atoms with E-state index < -0.39 is 0 Å². The lowest BCUT2D eigenvalue weighted by atomic mass is 9.84. The molecule has 0 fully saturated rings. The number of carbonyl (C=O) groups excluding carboxylic acids is 2. The second-order valence-electron chi connectivity index (χ2n) is 6.81. The minimum Gasteiger partial charge on any atom is -0.465 e. The van der Waals surface area contributed by atoms with Gasteiger partial charge in [0.1, 0.15) is 17.3 Å². The number of fused-ring (bicyclic) bond motifs is 3. The van der Waals surface area contributed by atoms with E-state index in [9.17, 15) is 9.59 Å². The second kappa shape index (κ2) is 5.92. The number of hydrogen-bond acceptors (Lipinski definition) is 5. The van der Waals surface area contributed by atoms with Crippen molar-refractivity contribution in [3.63, 3.8) is 0 Å². The van der Waals surface area contributed by atoms with E-state index in [2.05, 4.69) is 13.8 Å². The number of esters is 1. The molecule has 0 saturated carbocycles. The highest BCUT2D eigenvalue weighted by atomic mass is 16.5. The number of rotatable bonds is 3. The average Bonchev–Trinajstić information content (AvgIpc) is 3.15. The minimum atomic E-state index is -0.242. The summed E-state index contributed by atoms with van der Waals surface area (Å²) in [5.41, 5.74) is 1.32. The summed E-state index contributed by atoms with van der Waals surface area (Å²) in [7, 11) is 0. The van der Waals surface area contributed by atoms with Gasteiger partial charge < -0.3 is 13.9 Å². The van der Waals surface area contributed by atoms with Crippen LogP contribution in [-0.2, 0) is 4.79 Å². The Balaban J connectivity index is 1.78. The van der Waals surface area contributed by atoms with E-state index in [1.165, 1.54) is 0 Å². The molecule has 3 heterocycles. The van der Waals surface area contributed by atoms with Gasteiger partial charge in [-0.15, -0.1) is 0 Å². The van der Waals surface area contributed by atoms with Crippen LogP contribution in [0.15, 0.2) is 40.7 Å². The zero-order valence-corrected chi connectivity index (χ0v) is 14.1. The molecule has 2 aliphatic rings. The van der Waals surface area contributed by atoms with Crippen LogP contribution in [0.25, 0.3) is 6.08 Å². The smallest absolute Gasteiger partial charge is 0.311 e. The first-order valence-corrected chi connectivity index (χ1v) is 8.38. The molecule has 128 valence electrons. The summed E-state index contributed by atoms with van der Waals surface area (Å²) in [5, 5.41) is 0. The molecule has 1 aromatic carbocycles. The topological polar surface area (TPSA) is 65.7 Å². The van der Waals surface area contributed by atoms with E-state index in [1.54, 1.807) is 36.6 Å². The van der Waals surface area contributed by atoms with Crippen molar-refractivity contribution in [1.29, 1.82) is 0 Å². The maximum Gasteiger partial charge on any atom is 0.311 e. The van der Waals surface area contributed by atoms with E-state index in [-0.39, 0.29) is 23.4 Å². The number of benzene rings is 1. The molecule has 0 saturated heterocycles. The van der Waals surface area contributed by atoms with Crippen LogP contribution in [0.2, 0.25) is 0 Å². The summed E-state index contributed by atoms with van der Waals surface area (Å²) in [6.07, 6.45) is 4.25. The van der Waals surface area contributed by atoms with Crippen LogP contribution in [0, 0.1) is 5.92 Å². The third-order valence-corrected chi connectivity index (χ3v) is 4.45. The van der Waals surface area contributed by atoms with Crippen LogP contribution in [0.3, 0.4) is 0 Å². The first-order chi connectivity index (χ1) is 12.0. The Bertz CT molecular complexity index is 874.